The Morgan fingerprint density at radius 1 is 1.13 bits per heavy atom. The molecule has 0 fully saturated rings. The van der Waals surface area contributed by atoms with Crippen LogP contribution >= 0.6 is 0 Å². The summed E-state index contributed by atoms with van der Waals surface area (Å²) in [5.41, 5.74) is 1.18. The lowest BCUT2D eigenvalue weighted by molar-refractivity contribution is 0.0779. The van der Waals surface area contributed by atoms with Crippen LogP contribution in [0.5, 0.6) is 17.2 Å². The molecule has 1 aliphatic heterocycles. The van der Waals surface area contributed by atoms with Gasteiger partial charge in [-0.25, -0.2) is 0 Å². The van der Waals surface area contributed by atoms with Crippen molar-refractivity contribution in [3.05, 3.63) is 54.1 Å². The van der Waals surface area contributed by atoms with Gasteiger partial charge in [0.1, 0.15) is 18.5 Å². The highest BCUT2D eigenvalue weighted by molar-refractivity contribution is 5.46. The van der Waals surface area contributed by atoms with E-state index in [0.29, 0.717) is 18.0 Å². The quantitative estimate of drug-likeness (QED) is 0.821. The van der Waals surface area contributed by atoms with Crippen LogP contribution in [0.25, 0.3) is 0 Å². The minimum atomic E-state index is -0.607. The average Bonchev–Trinajstić information content (AvgIpc) is 3.06. The summed E-state index contributed by atoms with van der Waals surface area (Å²) >= 11 is 0. The van der Waals surface area contributed by atoms with Crippen molar-refractivity contribution in [2.45, 2.75) is 25.6 Å². The molecule has 0 radical (unpaired) electrons. The fraction of sp³-hybridized carbons (Fsp3) is 0.333. The number of aliphatic hydroxyl groups is 1. The summed E-state index contributed by atoms with van der Waals surface area (Å²) in [5.74, 6) is 2.05. The molecule has 2 aromatic carbocycles. The Labute approximate surface area is 135 Å². The van der Waals surface area contributed by atoms with Crippen molar-refractivity contribution in [2.75, 3.05) is 13.4 Å². The molecule has 23 heavy (non-hydrogen) atoms. The number of hydrogen-bond donors (Lipinski definition) is 2. The van der Waals surface area contributed by atoms with Crippen LogP contribution < -0.4 is 19.5 Å². The van der Waals surface area contributed by atoms with Crippen LogP contribution in [0.15, 0.2) is 48.5 Å². The van der Waals surface area contributed by atoms with Crippen molar-refractivity contribution >= 4 is 0 Å². The standard InChI is InChI=1S/C18H21NO4/c1-13(19-10-14-5-3-2-4-6-14)16(20)11-21-15-7-8-17-18(9-15)23-12-22-17/h2-9,13,16,19-20H,10-12H2,1H3. The fourth-order valence-corrected chi connectivity index (χ4v) is 2.30. The number of aliphatic hydroxyl groups excluding tert-OH is 1. The zero-order valence-corrected chi connectivity index (χ0v) is 13.1. The van der Waals surface area contributed by atoms with Crippen LogP contribution in [0.4, 0.5) is 0 Å². The summed E-state index contributed by atoms with van der Waals surface area (Å²) in [6.45, 7) is 3.10. The Kier molecular flexibility index (Phi) is 5.00. The first kappa shape index (κ1) is 15.6. The summed E-state index contributed by atoms with van der Waals surface area (Å²) in [4.78, 5) is 0. The van der Waals surface area contributed by atoms with Crippen LogP contribution in [0.1, 0.15) is 12.5 Å². The molecule has 0 bridgehead atoms. The first-order chi connectivity index (χ1) is 11.2. The molecular weight excluding hydrogens is 294 g/mol. The fourth-order valence-electron chi connectivity index (χ4n) is 2.30. The molecule has 5 nitrogen and oxygen atoms in total. The summed E-state index contributed by atoms with van der Waals surface area (Å²) < 4.78 is 16.2. The number of ether oxygens (including phenoxy) is 3. The lowest BCUT2D eigenvalue weighted by Gasteiger charge is -2.20. The van der Waals surface area contributed by atoms with Crippen molar-refractivity contribution < 1.29 is 19.3 Å². The third kappa shape index (κ3) is 4.15. The van der Waals surface area contributed by atoms with Gasteiger partial charge in [0.05, 0.1) is 0 Å². The number of fused-ring (bicyclic) bond motifs is 1. The maximum absolute atomic E-state index is 10.2. The second-order valence-corrected chi connectivity index (χ2v) is 5.55. The third-order valence-electron chi connectivity index (χ3n) is 3.81. The van der Waals surface area contributed by atoms with Gasteiger partial charge < -0.3 is 24.6 Å². The SMILES string of the molecule is CC(NCc1ccccc1)C(O)COc1ccc2c(c1)OCO2. The Balaban J connectivity index is 1.46. The highest BCUT2D eigenvalue weighted by Crippen LogP contribution is 2.35. The van der Waals surface area contributed by atoms with Gasteiger partial charge in [0, 0.05) is 18.7 Å². The van der Waals surface area contributed by atoms with Gasteiger partial charge in [-0.2, -0.15) is 0 Å². The van der Waals surface area contributed by atoms with Gasteiger partial charge in [-0.1, -0.05) is 30.3 Å². The first-order valence-corrected chi connectivity index (χ1v) is 7.70. The molecule has 2 N–H and O–H groups in total. The van der Waals surface area contributed by atoms with E-state index in [-0.39, 0.29) is 19.4 Å². The van der Waals surface area contributed by atoms with E-state index in [1.54, 1.807) is 12.1 Å². The summed E-state index contributed by atoms with van der Waals surface area (Å²) in [6.07, 6.45) is -0.607. The van der Waals surface area contributed by atoms with Crippen LogP contribution in [0.3, 0.4) is 0 Å². The predicted octanol–water partition coefficient (Wildman–Crippen LogP) is 2.33. The van der Waals surface area contributed by atoms with Gasteiger partial charge in [-0.3, -0.25) is 0 Å². The lowest BCUT2D eigenvalue weighted by Crippen LogP contribution is -2.40. The van der Waals surface area contributed by atoms with Crippen LogP contribution in [0.2, 0.25) is 0 Å². The van der Waals surface area contributed by atoms with Gasteiger partial charge >= 0.3 is 0 Å². The maximum atomic E-state index is 10.2. The summed E-state index contributed by atoms with van der Waals surface area (Å²) in [5, 5.41) is 13.5. The zero-order valence-electron chi connectivity index (χ0n) is 13.1. The topological polar surface area (TPSA) is 60.0 Å². The maximum Gasteiger partial charge on any atom is 0.231 e. The monoisotopic (exact) mass is 315 g/mol. The van der Waals surface area contributed by atoms with E-state index in [4.69, 9.17) is 14.2 Å². The molecule has 0 amide bonds. The Bertz CT molecular complexity index is 632. The van der Waals surface area contributed by atoms with E-state index in [0.717, 1.165) is 5.75 Å². The smallest absolute Gasteiger partial charge is 0.231 e. The molecule has 0 aromatic heterocycles. The molecule has 122 valence electrons. The molecule has 0 saturated carbocycles. The average molecular weight is 315 g/mol. The number of benzene rings is 2. The van der Waals surface area contributed by atoms with Gasteiger partial charge in [0.2, 0.25) is 6.79 Å². The summed E-state index contributed by atoms with van der Waals surface area (Å²) in [7, 11) is 0. The molecule has 3 rings (SSSR count). The van der Waals surface area contributed by atoms with Crippen LogP contribution in [0, 0.1) is 0 Å². The van der Waals surface area contributed by atoms with Gasteiger partial charge in [-0.05, 0) is 24.6 Å². The second kappa shape index (κ2) is 7.35. The Morgan fingerprint density at radius 2 is 1.91 bits per heavy atom. The Hall–Kier alpha value is -2.24. The van der Waals surface area contributed by atoms with Crippen molar-refractivity contribution in [1.82, 2.24) is 5.32 Å². The van der Waals surface area contributed by atoms with Gasteiger partial charge in [0.25, 0.3) is 0 Å². The Morgan fingerprint density at radius 3 is 2.74 bits per heavy atom. The largest absolute Gasteiger partial charge is 0.491 e. The number of nitrogens with one attached hydrogen (secondary N) is 1. The molecular formula is C18H21NO4. The zero-order chi connectivity index (χ0) is 16.1. The van der Waals surface area contributed by atoms with Crippen LogP contribution in [-0.4, -0.2) is 30.7 Å². The predicted molar refractivity (Wildman–Crippen MR) is 86.8 cm³/mol. The van der Waals surface area contributed by atoms with Crippen LogP contribution in [-0.2, 0) is 6.54 Å². The minimum Gasteiger partial charge on any atom is -0.491 e. The molecule has 2 aromatic rings. The summed E-state index contributed by atoms with van der Waals surface area (Å²) in [6, 6.07) is 15.4. The van der Waals surface area contributed by atoms with E-state index in [9.17, 15) is 5.11 Å². The van der Waals surface area contributed by atoms with Crippen molar-refractivity contribution in [2.24, 2.45) is 0 Å². The molecule has 0 aliphatic carbocycles. The molecule has 1 aliphatic rings. The first-order valence-electron chi connectivity index (χ1n) is 7.70. The number of hydrogen-bond acceptors (Lipinski definition) is 5. The van der Waals surface area contributed by atoms with E-state index in [1.807, 2.05) is 31.2 Å². The van der Waals surface area contributed by atoms with E-state index in [1.165, 1.54) is 5.56 Å². The van der Waals surface area contributed by atoms with Gasteiger partial charge in [0.15, 0.2) is 11.5 Å². The van der Waals surface area contributed by atoms with Crippen molar-refractivity contribution in [3.63, 3.8) is 0 Å². The highest BCUT2D eigenvalue weighted by Gasteiger charge is 2.17. The third-order valence-corrected chi connectivity index (χ3v) is 3.81. The van der Waals surface area contributed by atoms with Crippen molar-refractivity contribution in [1.29, 1.82) is 0 Å². The van der Waals surface area contributed by atoms with E-state index < -0.39 is 6.10 Å². The van der Waals surface area contributed by atoms with Gasteiger partial charge in [-0.15, -0.1) is 0 Å². The molecule has 2 atom stereocenters. The number of rotatable bonds is 7. The highest BCUT2D eigenvalue weighted by atomic mass is 16.7. The van der Waals surface area contributed by atoms with E-state index in [2.05, 4.69) is 17.4 Å². The second-order valence-electron chi connectivity index (χ2n) is 5.55. The lowest BCUT2D eigenvalue weighted by atomic mass is 10.1. The minimum absolute atomic E-state index is 0.0794. The molecule has 1 heterocycles. The molecule has 0 spiro atoms. The molecule has 0 saturated heterocycles. The van der Waals surface area contributed by atoms with Crippen molar-refractivity contribution in [3.8, 4) is 17.2 Å². The molecule has 2 unspecified atom stereocenters. The van der Waals surface area contributed by atoms with E-state index >= 15 is 0 Å². The molecule has 5 heteroatoms. The normalized spacial score (nSPS) is 15.2.